The summed E-state index contributed by atoms with van der Waals surface area (Å²) in [7, 11) is -4.07. The van der Waals surface area contributed by atoms with E-state index in [1.54, 1.807) is 0 Å². The molecule has 0 aliphatic carbocycles. The number of aliphatic hydroxyl groups is 1. The van der Waals surface area contributed by atoms with E-state index in [9.17, 15) is 12.8 Å². The molecule has 9 N–H and O–H groups in total. The van der Waals surface area contributed by atoms with E-state index in [-0.39, 0.29) is 11.0 Å². The van der Waals surface area contributed by atoms with Crippen LogP contribution in [-0.4, -0.2) is 55.3 Å². The van der Waals surface area contributed by atoms with E-state index in [0.717, 1.165) is 6.07 Å². The molecule has 0 aromatic heterocycles. The van der Waals surface area contributed by atoms with E-state index < -0.39 is 46.1 Å². The monoisotopic (exact) mass is 453 g/mol. The predicted molar refractivity (Wildman–Crippen MR) is 97.5 cm³/mol. The van der Waals surface area contributed by atoms with Crippen molar-refractivity contribution in [1.82, 2.24) is 10.0 Å². The second-order valence-corrected chi connectivity index (χ2v) is 7.06. The highest BCUT2D eigenvalue weighted by molar-refractivity contribution is 9.10. The highest BCUT2D eigenvalue weighted by Gasteiger charge is 2.18. The largest absolute Gasteiger partial charge is 0.409 e. The van der Waals surface area contributed by atoms with Gasteiger partial charge in [-0.25, -0.2) is 9.53 Å². The summed E-state index contributed by atoms with van der Waals surface area (Å²) in [5.74, 6) is -1.45. The number of nitrogens with one attached hydrogen (secondary N) is 5. The zero-order valence-corrected chi connectivity index (χ0v) is 15.5. The predicted octanol–water partition coefficient (Wildman–Crippen LogP) is -0.472. The third kappa shape index (κ3) is 7.01. The molecule has 14 heteroatoms. The van der Waals surface area contributed by atoms with Crippen LogP contribution in [0.15, 0.2) is 27.8 Å². The van der Waals surface area contributed by atoms with E-state index in [0.29, 0.717) is 5.69 Å². The summed E-state index contributed by atoms with van der Waals surface area (Å²) in [5.41, 5.74) is -0.269. The molecule has 0 radical (unpaired) electrons. The Bertz CT molecular complexity index is 818. The SMILES string of the molecule is N=C(Nc1ccc(F)c(Br)c1)C(=N)/C(=N\O)NCC(CO)NS(N)(=O)=O. The smallest absolute Gasteiger partial charge is 0.274 e. The van der Waals surface area contributed by atoms with Crippen molar-refractivity contribution in [3.8, 4) is 0 Å². The lowest BCUT2D eigenvalue weighted by atomic mass is 10.2. The van der Waals surface area contributed by atoms with E-state index in [1.165, 1.54) is 12.1 Å². The Morgan fingerprint density at radius 3 is 2.58 bits per heavy atom. The average molecular weight is 454 g/mol. The van der Waals surface area contributed by atoms with Crippen molar-refractivity contribution in [3.05, 3.63) is 28.5 Å². The molecule has 0 saturated heterocycles. The van der Waals surface area contributed by atoms with Crippen molar-refractivity contribution in [3.63, 3.8) is 0 Å². The first-order valence-corrected chi connectivity index (χ1v) is 9.18. The summed E-state index contributed by atoms with van der Waals surface area (Å²) in [4.78, 5) is 0. The third-order valence-corrected chi connectivity index (χ3v) is 4.11. The van der Waals surface area contributed by atoms with E-state index in [1.807, 2.05) is 4.72 Å². The number of halogens is 2. The van der Waals surface area contributed by atoms with Crippen molar-refractivity contribution in [1.29, 1.82) is 10.8 Å². The Labute approximate surface area is 156 Å². The fourth-order valence-corrected chi connectivity index (χ4v) is 2.67. The molecule has 1 rings (SSSR count). The first kappa shape index (κ1) is 21.9. The molecule has 26 heavy (non-hydrogen) atoms. The lowest BCUT2D eigenvalue weighted by molar-refractivity contribution is 0.256. The standard InChI is InChI=1S/C12H17BrFN7O4S/c13-8-3-6(1-2-9(8)14)19-11(16)10(15)12(20-23)18-4-7(5-22)21-26(17,24)25/h1-3,7,15,21-23H,4-5H2,(H2,16,19)(H,18,20)(H2,17,24,25). The molecule has 11 nitrogen and oxygen atoms in total. The molecule has 0 heterocycles. The van der Waals surface area contributed by atoms with Crippen LogP contribution in [0, 0.1) is 16.6 Å². The molecule has 0 amide bonds. The van der Waals surface area contributed by atoms with Gasteiger partial charge in [0, 0.05) is 12.2 Å². The molecule has 0 bridgehead atoms. The van der Waals surface area contributed by atoms with Gasteiger partial charge in [-0.3, -0.25) is 10.8 Å². The summed E-state index contributed by atoms with van der Waals surface area (Å²) in [6, 6.07) is 2.78. The summed E-state index contributed by atoms with van der Waals surface area (Å²) in [6.07, 6.45) is 0. The quantitative estimate of drug-likeness (QED) is 0.113. The van der Waals surface area contributed by atoms with Gasteiger partial charge < -0.3 is 20.9 Å². The van der Waals surface area contributed by atoms with E-state index >= 15 is 0 Å². The molecular weight excluding hydrogens is 437 g/mol. The molecule has 0 aliphatic rings. The number of rotatable bonds is 8. The molecule has 1 aromatic rings. The van der Waals surface area contributed by atoms with Gasteiger partial charge in [0.05, 0.1) is 17.1 Å². The maximum atomic E-state index is 13.2. The summed E-state index contributed by atoms with van der Waals surface area (Å²) in [6.45, 7) is -0.890. The molecular formula is C12H17BrFN7O4S. The molecule has 0 fully saturated rings. The number of oxime groups is 1. The van der Waals surface area contributed by atoms with Gasteiger partial charge in [0.2, 0.25) is 0 Å². The normalized spacial score (nSPS) is 13.2. The molecule has 0 saturated carbocycles. The number of amidine groups is 2. The number of hydrogen-bond donors (Lipinski definition) is 8. The second kappa shape index (κ2) is 9.54. The van der Waals surface area contributed by atoms with Gasteiger partial charge in [-0.2, -0.15) is 13.1 Å². The number of hydrogen-bond acceptors (Lipinski definition) is 7. The number of nitrogens with two attached hydrogens (primary N) is 1. The Morgan fingerprint density at radius 1 is 1.42 bits per heavy atom. The van der Waals surface area contributed by atoms with Gasteiger partial charge in [-0.1, -0.05) is 5.16 Å². The first-order valence-electron chi connectivity index (χ1n) is 6.84. The second-order valence-electron chi connectivity index (χ2n) is 4.88. The third-order valence-electron chi connectivity index (χ3n) is 2.84. The number of anilines is 1. The minimum Gasteiger partial charge on any atom is -0.409 e. The summed E-state index contributed by atoms with van der Waals surface area (Å²) in [5, 5.41) is 46.3. The minimum atomic E-state index is -4.07. The zero-order valence-electron chi connectivity index (χ0n) is 13.1. The highest BCUT2D eigenvalue weighted by Crippen LogP contribution is 2.19. The fourth-order valence-electron chi connectivity index (χ4n) is 1.67. The number of benzene rings is 1. The zero-order chi connectivity index (χ0) is 19.9. The van der Waals surface area contributed by atoms with Gasteiger partial charge in [-0.15, -0.1) is 0 Å². The van der Waals surface area contributed by atoms with Crippen LogP contribution in [0.25, 0.3) is 0 Å². The Hall–Kier alpha value is -2.13. The molecule has 0 spiro atoms. The minimum absolute atomic E-state index is 0.149. The Balaban J connectivity index is 2.72. The van der Waals surface area contributed by atoms with Crippen molar-refractivity contribution in [2.75, 3.05) is 18.5 Å². The van der Waals surface area contributed by atoms with Gasteiger partial charge >= 0.3 is 0 Å². The molecule has 1 aromatic carbocycles. The van der Waals surface area contributed by atoms with Crippen molar-refractivity contribution < 1.29 is 23.1 Å². The molecule has 1 unspecified atom stereocenters. The molecule has 1 atom stereocenters. The number of nitrogens with zero attached hydrogens (tertiary/aromatic N) is 1. The van der Waals surface area contributed by atoms with Crippen LogP contribution in [0.4, 0.5) is 10.1 Å². The van der Waals surface area contributed by atoms with Gasteiger partial charge in [0.15, 0.2) is 11.7 Å². The van der Waals surface area contributed by atoms with Crippen molar-refractivity contribution in [2.45, 2.75) is 6.04 Å². The fraction of sp³-hybridized carbons (Fsp3) is 0.250. The lowest BCUT2D eigenvalue weighted by Crippen LogP contribution is -2.49. The van der Waals surface area contributed by atoms with Crippen LogP contribution in [0.5, 0.6) is 0 Å². The van der Waals surface area contributed by atoms with Crippen LogP contribution < -0.4 is 20.5 Å². The summed E-state index contributed by atoms with van der Waals surface area (Å²) >= 11 is 2.98. The maximum absolute atomic E-state index is 13.2. The topological polar surface area (TPSA) is 197 Å². The van der Waals surface area contributed by atoms with Crippen LogP contribution >= 0.6 is 15.9 Å². The van der Waals surface area contributed by atoms with Crippen LogP contribution in [0.3, 0.4) is 0 Å². The highest BCUT2D eigenvalue weighted by atomic mass is 79.9. The van der Waals surface area contributed by atoms with Gasteiger partial charge in [-0.05, 0) is 34.1 Å². The lowest BCUT2D eigenvalue weighted by Gasteiger charge is -2.17. The summed E-state index contributed by atoms with van der Waals surface area (Å²) < 4.78 is 37.2. The Morgan fingerprint density at radius 2 is 2.08 bits per heavy atom. The number of aliphatic hydroxyl groups excluding tert-OH is 1. The maximum Gasteiger partial charge on any atom is 0.274 e. The first-order chi connectivity index (χ1) is 12.1. The van der Waals surface area contributed by atoms with Gasteiger partial charge in [0.1, 0.15) is 11.5 Å². The van der Waals surface area contributed by atoms with Crippen molar-refractivity contribution in [2.24, 2.45) is 10.3 Å². The van der Waals surface area contributed by atoms with Crippen LogP contribution in [-0.2, 0) is 10.2 Å². The van der Waals surface area contributed by atoms with Gasteiger partial charge in [0.25, 0.3) is 10.2 Å². The average Bonchev–Trinajstić information content (AvgIpc) is 2.56. The van der Waals surface area contributed by atoms with Crippen LogP contribution in [0.2, 0.25) is 0 Å². The van der Waals surface area contributed by atoms with E-state index in [4.69, 9.17) is 26.3 Å². The van der Waals surface area contributed by atoms with Crippen molar-refractivity contribution >= 4 is 49.2 Å². The molecule has 0 aliphatic heterocycles. The Kier molecular flexibility index (Phi) is 8.04. The van der Waals surface area contributed by atoms with Crippen LogP contribution in [0.1, 0.15) is 0 Å². The molecule has 144 valence electrons. The van der Waals surface area contributed by atoms with E-state index in [2.05, 4.69) is 31.7 Å².